The second kappa shape index (κ2) is 8.33. The van der Waals surface area contributed by atoms with Gasteiger partial charge >= 0.3 is 0 Å². The molecule has 0 aliphatic carbocycles. The van der Waals surface area contributed by atoms with Gasteiger partial charge in [-0.15, -0.1) is 5.10 Å². The van der Waals surface area contributed by atoms with E-state index >= 15 is 0 Å². The Morgan fingerprint density at radius 1 is 1.22 bits per heavy atom. The largest absolute Gasteiger partial charge is 0.357 e. The number of hydrogen-bond donors (Lipinski definition) is 1. The Balaban J connectivity index is 1.39. The maximum Gasteiger partial charge on any atom is 0.295 e. The standard InChI is InChI=1S/C23H21FN6O2/c24-18-13-26-22(30-10-8-27-28-30)20-19(18)17(12-25-20)21(31)23(32)29-9-4-7-16(14-29)11-15-5-2-1-3-6-15/h1-3,5-6,8,10,12-13,16,25H,4,7,9,11,14H2. The van der Waals surface area contributed by atoms with Crippen LogP contribution >= 0.6 is 0 Å². The molecular formula is C23H21FN6O2. The molecule has 1 saturated heterocycles. The van der Waals surface area contributed by atoms with Gasteiger partial charge in [0.2, 0.25) is 0 Å². The molecule has 4 heterocycles. The van der Waals surface area contributed by atoms with Crippen LogP contribution < -0.4 is 0 Å². The lowest BCUT2D eigenvalue weighted by Gasteiger charge is -2.32. The van der Waals surface area contributed by atoms with Crippen molar-refractivity contribution >= 4 is 22.6 Å². The van der Waals surface area contributed by atoms with E-state index in [4.69, 9.17) is 0 Å². The Morgan fingerprint density at radius 2 is 2.06 bits per heavy atom. The summed E-state index contributed by atoms with van der Waals surface area (Å²) >= 11 is 0. The summed E-state index contributed by atoms with van der Waals surface area (Å²) in [5.74, 6) is -1.44. The molecule has 5 rings (SSSR count). The number of amides is 1. The summed E-state index contributed by atoms with van der Waals surface area (Å²) in [5, 5.41) is 7.64. The van der Waals surface area contributed by atoms with Crippen molar-refractivity contribution < 1.29 is 14.0 Å². The van der Waals surface area contributed by atoms with Crippen LogP contribution in [0, 0.1) is 11.7 Å². The normalized spacial score (nSPS) is 16.4. The second-order valence-electron chi connectivity index (χ2n) is 8.01. The zero-order chi connectivity index (χ0) is 22.1. The monoisotopic (exact) mass is 432 g/mol. The third-order valence-corrected chi connectivity index (χ3v) is 5.89. The van der Waals surface area contributed by atoms with E-state index in [1.807, 2.05) is 18.2 Å². The zero-order valence-electron chi connectivity index (χ0n) is 17.2. The molecule has 1 unspecified atom stereocenters. The SMILES string of the molecule is O=C(C(=O)N1CCCC(Cc2ccccc2)C1)c1c[nH]c2c(-n3ccnn3)ncc(F)c12. The van der Waals surface area contributed by atoms with Crippen molar-refractivity contribution in [2.45, 2.75) is 19.3 Å². The molecule has 8 nitrogen and oxygen atoms in total. The highest BCUT2D eigenvalue weighted by Crippen LogP contribution is 2.27. The number of aromatic amines is 1. The summed E-state index contributed by atoms with van der Waals surface area (Å²) in [7, 11) is 0. The van der Waals surface area contributed by atoms with Crippen molar-refractivity contribution in [2.24, 2.45) is 5.92 Å². The Kier molecular flexibility index (Phi) is 5.22. The number of halogens is 1. The number of aromatic nitrogens is 5. The number of hydrogen-bond acceptors (Lipinski definition) is 5. The van der Waals surface area contributed by atoms with Gasteiger partial charge in [-0.1, -0.05) is 35.5 Å². The molecule has 32 heavy (non-hydrogen) atoms. The van der Waals surface area contributed by atoms with Gasteiger partial charge < -0.3 is 9.88 Å². The van der Waals surface area contributed by atoms with E-state index in [1.54, 1.807) is 11.1 Å². The van der Waals surface area contributed by atoms with E-state index in [-0.39, 0.29) is 22.4 Å². The lowest BCUT2D eigenvalue weighted by molar-refractivity contribution is -0.128. The van der Waals surface area contributed by atoms with Crippen molar-refractivity contribution in [3.05, 3.63) is 72.1 Å². The summed E-state index contributed by atoms with van der Waals surface area (Å²) in [6, 6.07) is 10.1. The van der Waals surface area contributed by atoms with Crippen LogP contribution in [0.25, 0.3) is 16.7 Å². The third kappa shape index (κ3) is 3.66. The van der Waals surface area contributed by atoms with Gasteiger partial charge in [0.15, 0.2) is 11.6 Å². The summed E-state index contributed by atoms with van der Waals surface area (Å²) in [4.78, 5) is 34.7. The first-order valence-electron chi connectivity index (χ1n) is 10.5. The fourth-order valence-corrected chi connectivity index (χ4v) is 4.39. The molecular weight excluding hydrogens is 411 g/mol. The Hall–Kier alpha value is -3.88. The molecule has 3 aromatic heterocycles. The first-order valence-corrected chi connectivity index (χ1v) is 10.5. The van der Waals surface area contributed by atoms with Gasteiger partial charge in [0.25, 0.3) is 11.7 Å². The first kappa shape index (κ1) is 20.0. The van der Waals surface area contributed by atoms with Crippen LogP contribution in [0.4, 0.5) is 4.39 Å². The van der Waals surface area contributed by atoms with E-state index in [0.717, 1.165) is 25.5 Å². The predicted molar refractivity (Wildman–Crippen MR) is 115 cm³/mol. The molecule has 1 aromatic carbocycles. The Labute approximate surface area is 183 Å². The maximum absolute atomic E-state index is 14.7. The lowest BCUT2D eigenvalue weighted by Crippen LogP contribution is -2.43. The molecule has 1 aliphatic heterocycles. The van der Waals surface area contributed by atoms with Crippen LogP contribution in [-0.2, 0) is 11.2 Å². The second-order valence-corrected chi connectivity index (χ2v) is 8.01. The number of nitrogens with one attached hydrogen (secondary N) is 1. The Morgan fingerprint density at radius 3 is 2.84 bits per heavy atom. The number of benzene rings is 1. The number of rotatable bonds is 5. The van der Waals surface area contributed by atoms with Gasteiger partial charge in [0, 0.05) is 19.3 Å². The number of H-pyrrole nitrogens is 1. The molecule has 1 fully saturated rings. The molecule has 162 valence electrons. The number of likely N-dealkylation sites (tertiary alicyclic amines) is 1. The first-order chi connectivity index (χ1) is 15.6. The van der Waals surface area contributed by atoms with Crippen molar-refractivity contribution in [1.82, 2.24) is 29.9 Å². The van der Waals surface area contributed by atoms with Crippen LogP contribution in [-0.4, -0.2) is 54.6 Å². The molecule has 1 amide bonds. The van der Waals surface area contributed by atoms with Crippen LogP contribution in [0.15, 0.2) is 55.1 Å². The minimum absolute atomic E-state index is 0.00329. The van der Waals surface area contributed by atoms with Gasteiger partial charge in [-0.25, -0.2) is 14.1 Å². The summed E-state index contributed by atoms with van der Waals surface area (Å²) < 4.78 is 16.0. The predicted octanol–water partition coefficient (Wildman–Crippen LogP) is 2.95. The van der Waals surface area contributed by atoms with E-state index in [0.29, 0.717) is 18.9 Å². The van der Waals surface area contributed by atoms with Crippen molar-refractivity contribution in [1.29, 1.82) is 0 Å². The number of pyridine rings is 1. The molecule has 9 heteroatoms. The van der Waals surface area contributed by atoms with Gasteiger partial charge in [-0.05, 0) is 30.7 Å². The van der Waals surface area contributed by atoms with Crippen LogP contribution in [0.2, 0.25) is 0 Å². The molecule has 4 aromatic rings. The molecule has 1 atom stereocenters. The van der Waals surface area contributed by atoms with Crippen molar-refractivity contribution in [2.75, 3.05) is 13.1 Å². The topological polar surface area (TPSA) is 96.8 Å². The van der Waals surface area contributed by atoms with Gasteiger partial charge in [0.1, 0.15) is 0 Å². The number of piperidine rings is 1. The van der Waals surface area contributed by atoms with Crippen LogP contribution in [0.3, 0.4) is 0 Å². The fraction of sp³-hybridized carbons (Fsp3) is 0.261. The van der Waals surface area contributed by atoms with Gasteiger partial charge in [-0.2, -0.15) is 0 Å². The highest BCUT2D eigenvalue weighted by atomic mass is 19.1. The van der Waals surface area contributed by atoms with Crippen LogP contribution in [0.5, 0.6) is 0 Å². The average Bonchev–Trinajstić information content (AvgIpc) is 3.50. The Bertz CT molecular complexity index is 1270. The lowest BCUT2D eigenvalue weighted by atomic mass is 9.91. The van der Waals surface area contributed by atoms with E-state index in [9.17, 15) is 14.0 Å². The molecule has 0 saturated carbocycles. The van der Waals surface area contributed by atoms with Gasteiger partial charge in [-0.3, -0.25) is 9.59 Å². The summed E-state index contributed by atoms with van der Waals surface area (Å²) in [6.07, 6.45) is 8.10. The third-order valence-electron chi connectivity index (χ3n) is 5.89. The highest BCUT2D eigenvalue weighted by Gasteiger charge is 2.31. The van der Waals surface area contributed by atoms with Crippen molar-refractivity contribution in [3.8, 4) is 5.82 Å². The van der Waals surface area contributed by atoms with E-state index in [1.165, 1.54) is 22.6 Å². The number of nitrogens with zero attached hydrogens (tertiary/aromatic N) is 5. The van der Waals surface area contributed by atoms with E-state index < -0.39 is 17.5 Å². The van der Waals surface area contributed by atoms with Crippen molar-refractivity contribution in [3.63, 3.8) is 0 Å². The number of fused-ring (bicyclic) bond motifs is 1. The smallest absolute Gasteiger partial charge is 0.295 e. The fourth-order valence-electron chi connectivity index (χ4n) is 4.39. The number of carbonyl (C=O) groups excluding carboxylic acids is 2. The highest BCUT2D eigenvalue weighted by molar-refractivity contribution is 6.45. The summed E-state index contributed by atoms with van der Waals surface area (Å²) in [5.41, 5.74) is 1.49. The molecule has 0 bridgehead atoms. The maximum atomic E-state index is 14.7. The number of Topliss-reactive ketones (excluding diaryl/α,β-unsaturated/α-hetero) is 1. The van der Waals surface area contributed by atoms with Crippen LogP contribution in [0.1, 0.15) is 28.8 Å². The molecule has 0 radical (unpaired) electrons. The average molecular weight is 432 g/mol. The minimum Gasteiger partial charge on any atom is -0.357 e. The quantitative estimate of drug-likeness (QED) is 0.386. The number of ketones is 1. The molecule has 1 N–H and O–H groups in total. The van der Waals surface area contributed by atoms with E-state index in [2.05, 4.69) is 32.4 Å². The summed E-state index contributed by atoms with van der Waals surface area (Å²) in [6.45, 7) is 1.03. The molecule has 1 aliphatic rings. The number of carbonyl (C=O) groups is 2. The zero-order valence-corrected chi connectivity index (χ0v) is 17.2. The minimum atomic E-state index is -0.730. The molecule has 0 spiro atoms. The van der Waals surface area contributed by atoms with Gasteiger partial charge in [0.05, 0.1) is 35.1 Å².